The zero-order valence-electron chi connectivity index (χ0n) is 23.3. The first-order valence-electron chi connectivity index (χ1n) is 12.6. The maximum Gasteiger partial charge on any atom is 0.264 e. The van der Waals surface area contributed by atoms with Crippen LogP contribution in [-0.4, -0.2) is 50.4 Å². The number of anilines is 1. The minimum absolute atomic E-state index is 0.0619. The number of methoxy groups -OCH3 is 1. The number of carbonyl (C=O) groups is 2. The number of sulfonamides is 1. The average Bonchev–Trinajstić information content (AvgIpc) is 2.90. The van der Waals surface area contributed by atoms with Gasteiger partial charge in [0.25, 0.3) is 10.0 Å². The van der Waals surface area contributed by atoms with Crippen LogP contribution in [-0.2, 0) is 26.2 Å². The van der Waals surface area contributed by atoms with E-state index in [4.69, 9.17) is 27.9 Å². The van der Waals surface area contributed by atoms with Gasteiger partial charge in [-0.2, -0.15) is 0 Å². The fraction of sp³-hybridized carbons (Fsp3) is 0.310. The Morgan fingerprint density at radius 2 is 1.61 bits per heavy atom. The third kappa shape index (κ3) is 8.34. The van der Waals surface area contributed by atoms with Crippen LogP contribution in [0.2, 0.25) is 10.0 Å². The zero-order chi connectivity index (χ0) is 30.5. The summed E-state index contributed by atoms with van der Waals surface area (Å²) in [6.45, 7) is 6.17. The Morgan fingerprint density at radius 3 is 2.15 bits per heavy atom. The predicted octanol–water partition coefficient (Wildman–Crippen LogP) is 5.67. The first-order valence-corrected chi connectivity index (χ1v) is 14.8. The molecule has 0 aromatic heterocycles. The lowest BCUT2D eigenvalue weighted by molar-refractivity contribution is -0.140. The number of rotatable bonds is 10. The number of amides is 2. The van der Waals surface area contributed by atoms with Crippen LogP contribution in [0.1, 0.15) is 33.3 Å². The molecule has 0 spiro atoms. The number of nitrogens with one attached hydrogen (secondary N) is 1. The normalized spacial score (nSPS) is 12.4. The van der Waals surface area contributed by atoms with Crippen LogP contribution in [0.4, 0.5) is 10.1 Å². The molecule has 0 aliphatic rings. The van der Waals surface area contributed by atoms with E-state index in [1.807, 2.05) is 0 Å². The van der Waals surface area contributed by atoms with Gasteiger partial charge < -0.3 is 15.0 Å². The summed E-state index contributed by atoms with van der Waals surface area (Å²) in [5.41, 5.74) is -0.0199. The van der Waals surface area contributed by atoms with Gasteiger partial charge in [-0.3, -0.25) is 13.9 Å². The maximum atomic E-state index is 13.9. The van der Waals surface area contributed by atoms with Crippen molar-refractivity contribution in [2.45, 2.75) is 50.7 Å². The first-order chi connectivity index (χ1) is 19.1. The zero-order valence-corrected chi connectivity index (χ0v) is 25.6. The summed E-state index contributed by atoms with van der Waals surface area (Å²) in [5.74, 6) is -1.26. The molecule has 0 radical (unpaired) electrons. The largest absolute Gasteiger partial charge is 0.497 e. The summed E-state index contributed by atoms with van der Waals surface area (Å²) in [7, 11) is -2.87. The Kier molecular flexibility index (Phi) is 10.3. The summed E-state index contributed by atoms with van der Waals surface area (Å²) in [4.78, 5) is 28.2. The molecule has 1 atom stereocenters. The van der Waals surface area contributed by atoms with E-state index in [1.165, 1.54) is 54.5 Å². The molecule has 220 valence electrons. The van der Waals surface area contributed by atoms with Crippen molar-refractivity contribution in [1.29, 1.82) is 0 Å². The third-order valence-electron chi connectivity index (χ3n) is 6.06. The van der Waals surface area contributed by atoms with Crippen LogP contribution in [0.15, 0.2) is 71.6 Å². The van der Waals surface area contributed by atoms with E-state index in [0.717, 1.165) is 16.4 Å². The Balaban J connectivity index is 2.05. The van der Waals surface area contributed by atoms with Crippen molar-refractivity contribution in [3.8, 4) is 5.75 Å². The molecule has 0 heterocycles. The molecule has 12 heteroatoms. The number of benzene rings is 3. The van der Waals surface area contributed by atoms with Gasteiger partial charge in [0.15, 0.2) is 0 Å². The highest BCUT2D eigenvalue weighted by molar-refractivity contribution is 7.92. The smallest absolute Gasteiger partial charge is 0.264 e. The molecule has 0 aliphatic carbocycles. The van der Waals surface area contributed by atoms with E-state index in [-0.39, 0.29) is 22.2 Å². The molecule has 0 bridgehead atoms. The summed E-state index contributed by atoms with van der Waals surface area (Å²) in [6, 6.07) is 14.1. The van der Waals surface area contributed by atoms with Crippen LogP contribution in [0.25, 0.3) is 0 Å². The monoisotopic (exact) mass is 623 g/mol. The molecule has 2 amide bonds. The molecule has 0 saturated heterocycles. The minimum Gasteiger partial charge on any atom is -0.497 e. The van der Waals surface area contributed by atoms with Crippen molar-refractivity contribution in [3.63, 3.8) is 0 Å². The van der Waals surface area contributed by atoms with Crippen molar-refractivity contribution in [2.24, 2.45) is 0 Å². The lowest BCUT2D eigenvalue weighted by Crippen LogP contribution is -2.54. The van der Waals surface area contributed by atoms with Crippen LogP contribution >= 0.6 is 23.2 Å². The van der Waals surface area contributed by atoms with E-state index in [1.54, 1.807) is 39.8 Å². The Hall–Kier alpha value is -3.34. The van der Waals surface area contributed by atoms with E-state index < -0.39 is 45.8 Å². The number of hydrogen-bond donors (Lipinski definition) is 1. The molecule has 3 aromatic rings. The Labute approximate surface area is 250 Å². The van der Waals surface area contributed by atoms with Crippen LogP contribution in [0, 0.1) is 5.82 Å². The van der Waals surface area contributed by atoms with Crippen molar-refractivity contribution in [1.82, 2.24) is 10.2 Å². The molecule has 0 saturated carbocycles. The fourth-order valence-electron chi connectivity index (χ4n) is 3.90. The molecular weight excluding hydrogens is 592 g/mol. The molecule has 0 aliphatic heterocycles. The van der Waals surface area contributed by atoms with Crippen LogP contribution in [0.3, 0.4) is 0 Å². The van der Waals surface area contributed by atoms with Gasteiger partial charge in [-0.15, -0.1) is 0 Å². The number of ether oxygens (including phenoxy) is 1. The van der Waals surface area contributed by atoms with Crippen molar-refractivity contribution in [3.05, 3.63) is 88.2 Å². The second-order valence-corrected chi connectivity index (χ2v) is 13.0. The Bertz CT molecular complexity index is 1490. The third-order valence-corrected chi connectivity index (χ3v) is 8.44. The van der Waals surface area contributed by atoms with Gasteiger partial charge in [-0.1, -0.05) is 29.3 Å². The first kappa shape index (κ1) is 32.2. The van der Waals surface area contributed by atoms with E-state index in [9.17, 15) is 22.4 Å². The highest BCUT2D eigenvalue weighted by Crippen LogP contribution is 2.27. The second-order valence-electron chi connectivity index (χ2n) is 10.3. The van der Waals surface area contributed by atoms with Gasteiger partial charge in [0.1, 0.15) is 24.2 Å². The fourth-order valence-corrected chi connectivity index (χ4v) is 5.78. The van der Waals surface area contributed by atoms with Gasteiger partial charge in [-0.05, 0) is 93.9 Å². The van der Waals surface area contributed by atoms with Crippen molar-refractivity contribution in [2.75, 3.05) is 18.0 Å². The van der Waals surface area contributed by atoms with Gasteiger partial charge >= 0.3 is 0 Å². The molecule has 8 nitrogen and oxygen atoms in total. The number of nitrogens with zero attached hydrogens (tertiary/aromatic N) is 2. The molecular formula is C29H32Cl2FN3O5S. The quantitative estimate of drug-likeness (QED) is 0.314. The number of hydrogen-bond acceptors (Lipinski definition) is 5. The molecule has 3 rings (SSSR count). The lowest BCUT2D eigenvalue weighted by Gasteiger charge is -2.33. The standard InChI is InChI=1S/C29H32Cl2FN3O5S/c1-19(28(37)33-29(2,3)4)34(17-20-6-7-21(30)16-26(20)31)27(36)18-35(23-10-8-22(32)9-11-23)41(38,39)25-14-12-24(40-5)13-15-25/h6-16,19H,17-18H2,1-5H3,(H,33,37)/t19-/m1/s1. The SMILES string of the molecule is COc1ccc(S(=O)(=O)N(CC(=O)N(Cc2ccc(Cl)cc2Cl)[C@H](C)C(=O)NC(C)(C)C)c2ccc(F)cc2)cc1. The maximum absolute atomic E-state index is 13.9. The van der Waals surface area contributed by atoms with E-state index >= 15 is 0 Å². The van der Waals surface area contributed by atoms with Crippen molar-refractivity contribution < 1.29 is 27.1 Å². The summed E-state index contributed by atoms with van der Waals surface area (Å²) >= 11 is 12.4. The highest BCUT2D eigenvalue weighted by atomic mass is 35.5. The molecule has 3 aromatic carbocycles. The predicted molar refractivity (Wildman–Crippen MR) is 158 cm³/mol. The van der Waals surface area contributed by atoms with Gasteiger partial charge in [-0.25, -0.2) is 12.8 Å². The van der Waals surface area contributed by atoms with E-state index in [2.05, 4.69) is 5.32 Å². The molecule has 0 fully saturated rings. The minimum atomic E-state index is -4.32. The van der Waals surface area contributed by atoms with Gasteiger partial charge in [0.2, 0.25) is 11.8 Å². The topological polar surface area (TPSA) is 96.0 Å². The number of carbonyl (C=O) groups excluding carboxylic acids is 2. The van der Waals surface area contributed by atoms with Gasteiger partial charge in [0.05, 0.1) is 17.7 Å². The summed E-state index contributed by atoms with van der Waals surface area (Å²) in [6.07, 6.45) is 0. The number of halogens is 3. The second kappa shape index (κ2) is 13.1. The highest BCUT2D eigenvalue weighted by Gasteiger charge is 2.33. The molecule has 0 unspecified atom stereocenters. The summed E-state index contributed by atoms with van der Waals surface area (Å²) in [5, 5.41) is 3.52. The van der Waals surface area contributed by atoms with Crippen molar-refractivity contribution >= 4 is 50.7 Å². The van der Waals surface area contributed by atoms with Crippen LogP contribution < -0.4 is 14.4 Å². The van der Waals surface area contributed by atoms with Gasteiger partial charge in [0, 0.05) is 22.1 Å². The summed E-state index contributed by atoms with van der Waals surface area (Å²) < 4.78 is 47.4. The van der Waals surface area contributed by atoms with Crippen LogP contribution in [0.5, 0.6) is 5.75 Å². The van der Waals surface area contributed by atoms with E-state index in [0.29, 0.717) is 16.3 Å². The average molecular weight is 625 g/mol. The lowest BCUT2D eigenvalue weighted by atomic mass is 10.1. The molecule has 41 heavy (non-hydrogen) atoms. The Morgan fingerprint density at radius 1 is 1.00 bits per heavy atom. The molecule has 1 N–H and O–H groups in total.